The van der Waals surface area contributed by atoms with Crippen molar-refractivity contribution < 1.29 is 4.74 Å². The largest absolute Gasteiger partial charge is 0.497 e. The summed E-state index contributed by atoms with van der Waals surface area (Å²) in [5, 5.41) is 0.289. The van der Waals surface area contributed by atoms with Crippen molar-refractivity contribution in [3.05, 3.63) is 81.9 Å². The minimum atomic E-state index is -0.170. The molecule has 0 aliphatic carbocycles. The Bertz CT molecular complexity index is 858. The fourth-order valence-electron chi connectivity index (χ4n) is 2.34. The number of ether oxygens (including phenoxy) is 1. The molecule has 0 spiro atoms. The van der Waals surface area contributed by atoms with E-state index in [9.17, 15) is 4.79 Å². The number of aromatic nitrogens is 2. The standard InChI is InChI=1S/C18H15ClN2O2/c1-23-15-9-7-13(8-10-15)11-21-12-16(19)20-17(18(21)22)14-5-3-2-4-6-14/h2-10,12H,11H2,1H3. The average Bonchev–Trinajstić information content (AvgIpc) is 2.59. The molecule has 0 N–H and O–H groups in total. The van der Waals surface area contributed by atoms with Crippen LogP contribution in [0, 0.1) is 0 Å². The zero-order valence-electron chi connectivity index (χ0n) is 12.6. The second kappa shape index (κ2) is 6.67. The molecule has 0 aliphatic rings. The van der Waals surface area contributed by atoms with E-state index in [1.807, 2.05) is 54.6 Å². The first-order valence-electron chi connectivity index (χ1n) is 7.13. The Kier molecular flexibility index (Phi) is 4.44. The van der Waals surface area contributed by atoms with Gasteiger partial charge in [0.05, 0.1) is 13.7 Å². The normalized spacial score (nSPS) is 10.5. The second-order valence-electron chi connectivity index (χ2n) is 5.06. The summed E-state index contributed by atoms with van der Waals surface area (Å²) in [6, 6.07) is 16.9. The van der Waals surface area contributed by atoms with E-state index in [2.05, 4.69) is 4.98 Å². The van der Waals surface area contributed by atoms with Crippen molar-refractivity contribution in [2.45, 2.75) is 6.54 Å². The van der Waals surface area contributed by atoms with Crippen molar-refractivity contribution >= 4 is 11.6 Å². The number of hydrogen-bond donors (Lipinski definition) is 0. The van der Waals surface area contributed by atoms with Crippen LogP contribution in [-0.4, -0.2) is 16.7 Å². The topological polar surface area (TPSA) is 44.1 Å². The van der Waals surface area contributed by atoms with E-state index in [0.29, 0.717) is 12.2 Å². The van der Waals surface area contributed by atoms with Crippen molar-refractivity contribution in [3.8, 4) is 17.0 Å². The van der Waals surface area contributed by atoms with Crippen LogP contribution < -0.4 is 10.3 Å². The van der Waals surface area contributed by atoms with Crippen LogP contribution in [0.5, 0.6) is 5.75 Å². The van der Waals surface area contributed by atoms with Gasteiger partial charge in [0, 0.05) is 11.8 Å². The number of hydrogen-bond acceptors (Lipinski definition) is 3. The quantitative estimate of drug-likeness (QED) is 0.735. The highest BCUT2D eigenvalue weighted by Gasteiger charge is 2.10. The van der Waals surface area contributed by atoms with Gasteiger partial charge in [-0.3, -0.25) is 4.79 Å². The second-order valence-corrected chi connectivity index (χ2v) is 5.45. The molecule has 0 saturated carbocycles. The molecule has 0 unspecified atom stereocenters. The first kappa shape index (κ1) is 15.3. The maximum Gasteiger partial charge on any atom is 0.277 e. The molecule has 3 aromatic rings. The van der Waals surface area contributed by atoms with Gasteiger partial charge in [-0.25, -0.2) is 4.98 Å². The molecular weight excluding hydrogens is 312 g/mol. The Morgan fingerprint density at radius 2 is 1.78 bits per heavy atom. The van der Waals surface area contributed by atoms with Gasteiger partial charge in [-0.2, -0.15) is 0 Å². The molecule has 3 rings (SSSR count). The summed E-state index contributed by atoms with van der Waals surface area (Å²) in [4.78, 5) is 16.9. The molecule has 0 aliphatic heterocycles. The van der Waals surface area contributed by atoms with Gasteiger partial charge >= 0.3 is 0 Å². The lowest BCUT2D eigenvalue weighted by atomic mass is 10.1. The zero-order valence-corrected chi connectivity index (χ0v) is 13.3. The molecule has 1 heterocycles. The van der Waals surface area contributed by atoms with Gasteiger partial charge in [-0.15, -0.1) is 0 Å². The van der Waals surface area contributed by atoms with Gasteiger partial charge in [-0.05, 0) is 17.7 Å². The van der Waals surface area contributed by atoms with Gasteiger partial charge in [0.1, 0.15) is 16.6 Å². The van der Waals surface area contributed by atoms with Crippen molar-refractivity contribution in [2.24, 2.45) is 0 Å². The predicted octanol–water partition coefficient (Wildman–Crippen LogP) is 3.62. The van der Waals surface area contributed by atoms with E-state index in [1.54, 1.807) is 17.9 Å². The van der Waals surface area contributed by atoms with Crippen molar-refractivity contribution in [2.75, 3.05) is 7.11 Å². The molecule has 0 atom stereocenters. The molecule has 23 heavy (non-hydrogen) atoms. The lowest BCUT2D eigenvalue weighted by molar-refractivity contribution is 0.414. The number of nitrogens with zero attached hydrogens (tertiary/aromatic N) is 2. The summed E-state index contributed by atoms with van der Waals surface area (Å²) in [6.45, 7) is 0.422. The fourth-order valence-corrected chi connectivity index (χ4v) is 2.54. The number of methoxy groups -OCH3 is 1. The molecule has 5 heteroatoms. The zero-order chi connectivity index (χ0) is 16.2. The maximum atomic E-state index is 12.7. The molecule has 0 fully saturated rings. The SMILES string of the molecule is COc1ccc(Cn2cc(Cl)nc(-c3ccccc3)c2=O)cc1. The van der Waals surface area contributed by atoms with E-state index >= 15 is 0 Å². The van der Waals surface area contributed by atoms with E-state index < -0.39 is 0 Å². The Balaban J connectivity index is 1.99. The molecule has 0 radical (unpaired) electrons. The Hall–Kier alpha value is -2.59. The predicted molar refractivity (Wildman–Crippen MR) is 91.0 cm³/mol. The average molecular weight is 327 g/mol. The van der Waals surface area contributed by atoms with Gasteiger partial charge in [0.15, 0.2) is 0 Å². The number of benzene rings is 2. The minimum Gasteiger partial charge on any atom is -0.497 e. The fraction of sp³-hybridized carbons (Fsp3) is 0.111. The lowest BCUT2D eigenvalue weighted by Gasteiger charge is -2.09. The van der Waals surface area contributed by atoms with Gasteiger partial charge in [0.2, 0.25) is 0 Å². The summed E-state index contributed by atoms with van der Waals surface area (Å²) in [6.07, 6.45) is 1.56. The van der Waals surface area contributed by atoms with Crippen LogP contribution in [0.4, 0.5) is 0 Å². The van der Waals surface area contributed by atoms with Crippen molar-refractivity contribution in [1.29, 1.82) is 0 Å². The van der Waals surface area contributed by atoms with Crippen LogP contribution in [-0.2, 0) is 6.54 Å². The molecule has 0 bridgehead atoms. The third-order valence-corrected chi connectivity index (χ3v) is 3.69. The van der Waals surface area contributed by atoms with Gasteiger partial charge in [-0.1, -0.05) is 54.1 Å². The van der Waals surface area contributed by atoms with E-state index in [1.165, 1.54) is 0 Å². The summed E-state index contributed by atoms with van der Waals surface area (Å²) in [7, 11) is 1.62. The Labute approximate surface area is 139 Å². The van der Waals surface area contributed by atoms with Crippen molar-refractivity contribution in [1.82, 2.24) is 9.55 Å². The van der Waals surface area contributed by atoms with E-state index in [-0.39, 0.29) is 10.7 Å². The Morgan fingerprint density at radius 3 is 2.43 bits per heavy atom. The highest BCUT2D eigenvalue weighted by molar-refractivity contribution is 6.29. The van der Waals surface area contributed by atoms with Crippen LogP contribution in [0.3, 0.4) is 0 Å². The summed E-state index contributed by atoms with van der Waals surface area (Å²) < 4.78 is 6.71. The van der Waals surface area contributed by atoms with Crippen LogP contribution in [0.1, 0.15) is 5.56 Å². The molecule has 0 saturated heterocycles. The number of rotatable bonds is 4. The molecular formula is C18H15ClN2O2. The molecule has 1 aromatic heterocycles. The summed E-state index contributed by atoms with van der Waals surface area (Å²) in [5.74, 6) is 0.777. The van der Waals surface area contributed by atoms with Gasteiger partial charge < -0.3 is 9.30 Å². The van der Waals surface area contributed by atoms with Crippen molar-refractivity contribution in [3.63, 3.8) is 0 Å². The molecule has 116 valence electrons. The lowest BCUT2D eigenvalue weighted by Crippen LogP contribution is -2.23. The molecule has 0 amide bonds. The van der Waals surface area contributed by atoms with Gasteiger partial charge in [0.25, 0.3) is 5.56 Å². The van der Waals surface area contributed by atoms with E-state index in [4.69, 9.17) is 16.3 Å². The Morgan fingerprint density at radius 1 is 1.09 bits per heavy atom. The van der Waals surface area contributed by atoms with Crippen LogP contribution in [0.15, 0.2) is 65.6 Å². The first-order valence-corrected chi connectivity index (χ1v) is 7.50. The highest BCUT2D eigenvalue weighted by Crippen LogP contribution is 2.16. The van der Waals surface area contributed by atoms with Crippen LogP contribution >= 0.6 is 11.6 Å². The monoisotopic (exact) mass is 326 g/mol. The summed E-state index contributed by atoms with van der Waals surface area (Å²) in [5.41, 5.74) is 1.92. The highest BCUT2D eigenvalue weighted by atomic mass is 35.5. The smallest absolute Gasteiger partial charge is 0.277 e. The molecule has 2 aromatic carbocycles. The number of halogens is 1. The van der Waals surface area contributed by atoms with Crippen LogP contribution in [0.2, 0.25) is 5.15 Å². The van der Waals surface area contributed by atoms with E-state index in [0.717, 1.165) is 16.9 Å². The molecule has 4 nitrogen and oxygen atoms in total. The first-order chi connectivity index (χ1) is 11.2. The third kappa shape index (κ3) is 3.43. The van der Waals surface area contributed by atoms with Crippen LogP contribution in [0.25, 0.3) is 11.3 Å². The maximum absolute atomic E-state index is 12.7. The summed E-state index contributed by atoms with van der Waals surface area (Å²) >= 11 is 6.09. The minimum absolute atomic E-state index is 0.170. The third-order valence-electron chi connectivity index (χ3n) is 3.50.